The molecule has 1 aliphatic rings. The number of pyridine rings is 2. The Morgan fingerprint density at radius 3 is 2.56 bits per heavy atom. The number of primary amides is 1. The number of benzene rings is 2. The Hall–Kier alpha value is -5.21. The van der Waals surface area contributed by atoms with E-state index in [1.54, 1.807) is 36.5 Å². The van der Waals surface area contributed by atoms with E-state index in [4.69, 9.17) is 5.73 Å². The first-order valence-electron chi connectivity index (χ1n) is 14.0. The van der Waals surface area contributed by atoms with Gasteiger partial charge >= 0.3 is 0 Å². The van der Waals surface area contributed by atoms with Crippen molar-refractivity contribution >= 4 is 50.2 Å². The van der Waals surface area contributed by atoms with E-state index in [0.29, 0.717) is 50.6 Å². The number of piperidine rings is 1. The number of thiophene rings is 1. The SMILES string of the molecule is NC(=O)c1c(F)cc(-c2cc3c(N(C(=O)c4ccc(-n5nnc6cccnc65)cc4F)[C@@H]4CCCNC4)nccc3s2)cc1F. The molecule has 2 aromatic carbocycles. The number of amides is 2. The molecular formula is C31H23F3N8O2S. The quantitative estimate of drug-likeness (QED) is 0.265. The van der Waals surface area contributed by atoms with Crippen molar-refractivity contribution < 1.29 is 22.8 Å². The minimum absolute atomic E-state index is 0.165. The molecule has 1 saturated heterocycles. The number of hydrogen-bond donors (Lipinski definition) is 2. The van der Waals surface area contributed by atoms with Crippen LogP contribution in [0.4, 0.5) is 19.0 Å². The molecule has 10 nitrogen and oxygen atoms in total. The van der Waals surface area contributed by atoms with Gasteiger partial charge in [0, 0.05) is 40.0 Å². The summed E-state index contributed by atoms with van der Waals surface area (Å²) in [7, 11) is 0. The highest BCUT2D eigenvalue weighted by atomic mass is 32.1. The Labute approximate surface area is 257 Å². The van der Waals surface area contributed by atoms with Gasteiger partial charge in [0.1, 0.15) is 34.3 Å². The molecule has 1 atom stereocenters. The van der Waals surface area contributed by atoms with Crippen LogP contribution in [0.2, 0.25) is 0 Å². The lowest BCUT2D eigenvalue weighted by molar-refractivity contribution is 0.0965. The first kappa shape index (κ1) is 28.6. The maximum Gasteiger partial charge on any atom is 0.262 e. The van der Waals surface area contributed by atoms with Gasteiger partial charge in [0.05, 0.1) is 17.3 Å². The average Bonchev–Trinajstić information content (AvgIpc) is 3.66. The van der Waals surface area contributed by atoms with Gasteiger partial charge in [-0.25, -0.2) is 23.1 Å². The van der Waals surface area contributed by atoms with Crippen molar-refractivity contribution in [3.05, 3.63) is 95.6 Å². The number of nitrogens with zero attached hydrogens (tertiary/aromatic N) is 6. The third-order valence-electron chi connectivity index (χ3n) is 7.72. The molecule has 0 aliphatic carbocycles. The van der Waals surface area contributed by atoms with Crippen LogP contribution in [-0.2, 0) is 0 Å². The predicted molar refractivity (Wildman–Crippen MR) is 163 cm³/mol. The van der Waals surface area contributed by atoms with E-state index < -0.39 is 34.8 Å². The molecule has 1 fully saturated rings. The van der Waals surface area contributed by atoms with E-state index in [2.05, 4.69) is 25.6 Å². The van der Waals surface area contributed by atoms with Gasteiger partial charge < -0.3 is 11.1 Å². The maximum atomic E-state index is 15.8. The molecule has 45 heavy (non-hydrogen) atoms. The summed E-state index contributed by atoms with van der Waals surface area (Å²) >= 11 is 1.23. The standard InChI is InChI=1S/C31H23F3N8O2S/c32-21-13-17(42-30-24(39-40-42)4-2-9-37-30)5-6-19(21)31(44)41(18-3-1-8-36-15-18)29-20-14-26(45-25(20)7-10-38-29)16-11-22(33)27(28(35)43)23(34)12-16/h2,4-7,9-14,18,36H,1,3,8,15H2,(H2,35,43)/t18-/m1/s1. The molecule has 0 bridgehead atoms. The number of aromatic nitrogens is 5. The second-order valence-corrected chi connectivity index (χ2v) is 11.6. The van der Waals surface area contributed by atoms with Crippen molar-refractivity contribution in [2.24, 2.45) is 5.73 Å². The summed E-state index contributed by atoms with van der Waals surface area (Å²) in [6, 6.07) is 12.8. The third kappa shape index (κ3) is 5.07. The highest BCUT2D eigenvalue weighted by Crippen LogP contribution is 2.39. The molecule has 1 aliphatic heterocycles. The zero-order valence-corrected chi connectivity index (χ0v) is 24.2. The summed E-state index contributed by atoms with van der Waals surface area (Å²) < 4.78 is 47.1. The number of carbonyl (C=O) groups excluding carboxylic acids is 2. The number of carbonyl (C=O) groups is 2. The van der Waals surface area contributed by atoms with Gasteiger partial charge in [-0.2, -0.15) is 4.68 Å². The molecule has 3 N–H and O–H groups in total. The van der Waals surface area contributed by atoms with Crippen LogP contribution in [0.25, 0.3) is 37.4 Å². The lowest BCUT2D eigenvalue weighted by Gasteiger charge is -2.34. The number of fused-ring (bicyclic) bond motifs is 2. The minimum atomic E-state index is -1.21. The summed E-state index contributed by atoms with van der Waals surface area (Å²) in [6.07, 6.45) is 4.56. The average molecular weight is 629 g/mol. The fourth-order valence-corrected chi connectivity index (χ4v) is 6.64. The van der Waals surface area contributed by atoms with Crippen molar-refractivity contribution in [2.75, 3.05) is 18.0 Å². The molecule has 0 unspecified atom stereocenters. The van der Waals surface area contributed by atoms with Crippen LogP contribution < -0.4 is 16.0 Å². The van der Waals surface area contributed by atoms with Crippen LogP contribution >= 0.6 is 11.3 Å². The van der Waals surface area contributed by atoms with Crippen LogP contribution in [0.15, 0.2) is 67.0 Å². The van der Waals surface area contributed by atoms with Crippen LogP contribution in [0.3, 0.4) is 0 Å². The van der Waals surface area contributed by atoms with Gasteiger partial charge in [0.2, 0.25) is 0 Å². The van der Waals surface area contributed by atoms with Crippen LogP contribution in [-0.4, -0.2) is 55.9 Å². The highest BCUT2D eigenvalue weighted by molar-refractivity contribution is 7.22. The smallest absolute Gasteiger partial charge is 0.262 e. The first-order chi connectivity index (χ1) is 21.8. The Morgan fingerprint density at radius 1 is 1.00 bits per heavy atom. The minimum Gasteiger partial charge on any atom is -0.365 e. The van der Waals surface area contributed by atoms with Crippen LogP contribution in [0.1, 0.15) is 33.6 Å². The normalized spacial score (nSPS) is 15.0. The van der Waals surface area contributed by atoms with E-state index in [1.807, 2.05) is 0 Å². The molecule has 14 heteroatoms. The molecule has 0 saturated carbocycles. The van der Waals surface area contributed by atoms with E-state index in [9.17, 15) is 18.4 Å². The third-order valence-corrected chi connectivity index (χ3v) is 8.87. The van der Waals surface area contributed by atoms with Crippen molar-refractivity contribution in [1.82, 2.24) is 30.3 Å². The molecule has 7 rings (SSSR count). The van der Waals surface area contributed by atoms with Crippen LogP contribution in [0, 0.1) is 17.5 Å². The Bertz CT molecular complexity index is 2100. The Balaban J connectivity index is 1.30. The fourth-order valence-electron chi connectivity index (χ4n) is 5.60. The van der Waals surface area contributed by atoms with E-state index in [0.717, 1.165) is 25.1 Å². The zero-order valence-electron chi connectivity index (χ0n) is 23.4. The molecule has 226 valence electrons. The van der Waals surface area contributed by atoms with Gasteiger partial charge in [-0.3, -0.25) is 14.5 Å². The Kier molecular flexibility index (Phi) is 7.22. The summed E-state index contributed by atoms with van der Waals surface area (Å²) in [4.78, 5) is 36.5. The number of anilines is 1. The molecule has 2 amide bonds. The largest absolute Gasteiger partial charge is 0.365 e. The molecule has 6 aromatic rings. The van der Waals surface area contributed by atoms with Gasteiger partial charge in [-0.1, -0.05) is 5.21 Å². The first-order valence-corrected chi connectivity index (χ1v) is 14.8. The lowest BCUT2D eigenvalue weighted by Crippen LogP contribution is -2.49. The van der Waals surface area contributed by atoms with Crippen LogP contribution in [0.5, 0.6) is 0 Å². The number of rotatable bonds is 6. The predicted octanol–water partition coefficient (Wildman–Crippen LogP) is 5.01. The zero-order chi connectivity index (χ0) is 31.2. The summed E-state index contributed by atoms with van der Waals surface area (Å²) in [5.74, 6) is -4.42. The second kappa shape index (κ2) is 11.4. The van der Waals surface area contributed by atoms with Crippen molar-refractivity contribution in [2.45, 2.75) is 18.9 Å². The molecular weight excluding hydrogens is 605 g/mol. The maximum absolute atomic E-state index is 15.8. The topological polar surface area (TPSA) is 132 Å². The lowest BCUT2D eigenvalue weighted by atomic mass is 10.0. The summed E-state index contributed by atoms with van der Waals surface area (Å²) in [5.41, 5.74) is 5.67. The number of halogens is 3. The highest BCUT2D eigenvalue weighted by Gasteiger charge is 2.32. The van der Waals surface area contributed by atoms with Crippen molar-refractivity contribution in [3.63, 3.8) is 0 Å². The number of nitrogens with one attached hydrogen (secondary N) is 1. The van der Waals surface area contributed by atoms with Gasteiger partial charge in [0.15, 0.2) is 5.65 Å². The van der Waals surface area contributed by atoms with E-state index in [1.165, 1.54) is 39.2 Å². The van der Waals surface area contributed by atoms with E-state index in [-0.39, 0.29) is 17.2 Å². The fraction of sp³-hybridized carbons (Fsp3) is 0.161. The Morgan fingerprint density at radius 2 is 1.82 bits per heavy atom. The van der Waals surface area contributed by atoms with E-state index >= 15 is 4.39 Å². The van der Waals surface area contributed by atoms with Crippen molar-refractivity contribution in [1.29, 1.82) is 0 Å². The number of nitrogens with two attached hydrogens (primary N) is 1. The second-order valence-electron chi connectivity index (χ2n) is 10.5. The van der Waals surface area contributed by atoms with Gasteiger partial charge in [-0.15, -0.1) is 16.4 Å². The monoisotopic (exact) mass is 628 g/mol. The molecule has 0 radical (unpaired) electrons. The van der Waals surface area contributed by atoms with Gasteiger partial charge in [-0.05, 0) is 73.5 Å². The molecule has 4 aromatic heterocycles. The molecule has 5 heterocycles. The number of hydrogen-bond acceptors (Lipinski definition) is 8. The van der Waals surface area contributed by atoms with Gasteiger partial charge in [0.25, 0.3) is 11.8 Å². The summed E-state index contributed by atoms with van der Waals surface area (Å²) in [5, 5.41) is 12.0. The summed E-state index contributed by atoms with van der Waals surface area (Å²) in [6.45, 7) is 1.24. The van der Waals surface area contributed by atoms with Crippen molar-refractivity contribution in [3.8, 4) is 16.1 Å². The molecule has 0 spiro atoms.